The second kappa shape index (κ2) is 3.06. The maximum absolute atomic E-state index is 12.8. The molecule has 0 radical (unpaired) electrons. The van der Waals surface area contributed by atoms with Crippen LogP contribution in [0.5, 0.6) is 0 Å². The van der Waals surface area contributed by atoms with Gasteiger partial charge in [0.05, 0.1) is 14.6 Å². The van der Waals surface area contributed by atoms with Gasteiger partial charge in [0.2, 0.25) is 0 Å². The van der Waals surface area contributed by atoms with Gasteiger partial charge in [0, 0.05) is 0 Å². The Labute approximate surface area is 78.8 Å². The van der Waals surface area contributed by atoms with Crippen LogP contribution in [0.15, 0.2) is 15.0 Å². The Morgan fingerprint density at radius 2 is 1.82 bits per heavy atom. The molecule has 0 heterocycles. The molecule has 5 heteroatoms. The van der Waals surface area contributed by atoms with Crippen molar-refractivity contribution in [3.05, 3.63) is 26.6 Å². The van der Waals surface area contributed by atoms with E-state index in [9.17, 15) is 8.78 Å². The predicted molar refractivity (Wildman–Crippen MR) is 46.2 cm³/mol. The maximum Gasteiger partial charge on any atom is 0.161 e. The maximum atomic E-state index is 12.8. The van der Waals surface area contributed by atoms with Crippen LogP contribution in [-0.4, -0.2) is 0 Å². The van der Waals surface area contributed by atoms with Gasteiger partial charge in [-0.15, -0.1) is 0 Å². The van der Waals surface area contributed by atoms with Crippen LogP contribution in [0.25, 0.3) is 0 Å². The zero-order valence-electron chi connectivity index (χ0n) is 5.17. The van der Waals surface area contributed by atoms with Crippen molar-refractivity contribution >= 4 is 37.5 Å². The summed E-state index contributed by atoms with van der Waals surface area (Å²) >= 11 is 5.62. The van der Waals surface area contributed by atoms with E-state index in [0.29, 0.717) is 0 Å². The molecule has 0 saturated heterocycles. The monoisotopic (exact) mass is 285 g/mol. The molecule has 11 heavy (non-hydrogen) atoms. The Bertz CT molecular complexity index is 275. The summed E-state index contributed by atoms with van der Waals surface area (Å²) in [5.74, 6) is -1.24. The van der Waals surface area contributed by atoms with Crippen molar-refractivity contribution in [2.24, 2.45) is 0 Å². The molecule has 1 aromatic rings. The first-order valence-electron chi connectivity index (χ1n) is 2.62. The van der Waals surface area contributed by atoms with E-state index in [1.165, 1.54) is 0 Å². The molecule has 0 spiro atoms. The van der Waals surface area contributed by atoms with Gasteiger partial charge in [-0.2, -0.15) is 0 Å². The second-order valence-corrected chi connectivity index (χ2v) is 3.53. The van der Waals surface area contributed by atoms with Crippen molar-refractivity contribution in [1.29, 1.82) is 0 Å². The Morgan fingerprint density at radius 1 is 1.27 bits per heavy atom. The van der Waals surface area contributed by atoms with Crippen molar-refractivity contribution in [1.82, 2.24) is 0 Å². The number of nitrogens with two attached hydrogens (primary N) is 1. The fraction of sp³-hybridized carbons (Fsp3) is 0. The molecule has 0 atom stereocenters. The third kappa shape index (κ3) is 1.54. The molecule has 0 aliphatic rings. The van der Waals surface area contributed by atoms with Crippen molar-refractivity contribution in [2.75, 3.05) is 5.73 Å². The third-order valence-electron chi connectivity index (χ3n) is 1.15. The molecule has 0 aliphatic carbocycles. The summed E-state index contributed by atoms with van der Waals surface area (Å²) in [4.78, 5) is 0. The van der Waals surface area contributed by atoms with E-state index in [0.717, 1.165) is 6.07 Å². The van der Waals surface area contributed by atoms with Gasteiger partial charge < -0.3 is 5.73 Å². The van der Waals surface area contributed by atoms with Crippen LogP contribution in [0, 0.1) is 11.6 Å². The molecule has 1 nitrogen and oxygen atoms in total. The Hall–Kier alpha value is -0.160. The van der Waals surface area contributed by atoms with Crippen LogP contribution in [-0.2, 0) is 0 Å². The van der Waals surface area contributed by atoms with Crippen molar-refractivity contribution in [2.45, 2.75) is 0 Å². The van der Waals surface area contributed by atoms with Gasteiger partial charge in [-0.1, -0.05) is 0 Å². The lowest BCUT2D eigenvalue weighted by atomic mass is 10.3. The minimum atomic E-state index is -0.654. The van der Waals surface area contributed by atoms with Gasteiger partial charge in [0.1, 0.15) is 5.82 Å². The first kappa shape index (κ1) is 8.93. The van der Waals surface area contributed by atoms with Gasteiger partial charge in [-0.05, 0) is 37.9 Å². The Kier molecular flexibility index (Phi) is 2.49. The average Bonchev–Trinajstić information content (AvgIpc) is 1.97. The van der Waals surface area contributed by atoms with Crippen LogP contribution >= 0.6 is 31.9 Å². The smallest absolute Gasteiger partial charge is 0.161 e. The highest BCUT2D eigenvalue weighted by atomic mass is 79.9. The lowest BCUT2D eigenvalue weighted by molar-refractivity contribution is 0.593. The number of hydrogen-bond donors (Lipinski definition) is 1. The molecule has 2 N–H and O–H groups in total. The molecular formula is C6H3Br2F2N. The van der Waals surface area contributed by atoms with Gasteiger partial charge in [0.15, 0.2) is 5.82 Å². The van der Waals surface area contributed by atoms with E-state index in [-0.39, 0.29) is 14.6 Å². The minimum Gasteiger partial charge on any atom is -0.395 e. The molecule has 1 aromatic carbocycles. The number of hydrogen-bond acceptors (Lipinski definition) is 1. The van der Waals surface area contributed by atoms with Crippen LogP contribution < -0.4 is 5.73 Å². The zero-order chi connectivity index (χ0) is 8.59. The Balaban J connectivity index is 3.46. The van der Waals surface area contributed by atoms with E-state index in [2.05, 4.69) is 31.9 Å². The summed E-state index contributed by atoms with van der Waals surface area (Å²) < 4.78 is 25.5. The number of anilines is 1. The molecule has 60 valence electrons. The van der Waals surface area contributed by atoms with Gasteiger partial charge in [-0.3, -0.25) is 0 Å². The standard InChI is InChI=1S/C6H3Br2F2N/c7-2-1-3(9)4(8)6(11)5(2)10/h1H,11H2. The molecule has 0 saturated carbocycles. The number of benzene rings is 1. The lowest BCUT2D eigenvalue weighted by Crippen LogP contribution is -1.95. The molecule has 0 unspecified atom stereocenters. The molecule has 1 rings (SSSR count). The molecule has 0 fully saturated rings. The van der Waals surface area contributed by atoms with Crippen LogP contribution in [0.3, 0.4) is 0 Å². The second-order valence-electron chi connectivity index (χ2n) is 1.88. The highest BCUT2D eigenvalue weighted by Crippen LogP contribution is 2.30. The minimum absolute atomic E-state index is 0.0238. The average molecular weight is 287 g/mol. The van der Waals surface area contributed by atoms with E-state index >= 15 is 0 Å². The van der Waals surface area contributed by atoms with Gasteiger partial charge >= 0.3 is 0 Å². The van der Waals surface area contributed by atoms with E-state index in [4.69, 9.17) is 5.73 Å². The Morgan fingerprint density at radius 3 is 2.36 bits per heavy atom. The molecule has 0 aromatic heterocycles. The van der Waals surface area contributed by atoms with Crippen molar-refractivity contribution in [3.63, 3.8) is 0 Å². The summed E-state index contributed by atoms with van der Waals surface area (Å²) in [6.45, 7) is 0. The predicted octanol–water partition coefficient (Wildman–Crippen LogP) is 3.07. The molecule has 0 bridgehead atoms. The number of halogens is 4. The topological polar surface area (TPSA) is 26.0 Å². The molecule has 0 aliphatic heterocycles. The zero-order valence-corrected chi connectivity index (χ0v) is 8.34. The van der Waals surface area contributed by atoms with E-state index < -0.39 is 11.6 Å². The van der Waals surface area contributed by atoms with Crippen LogP contribution in [0.2, 0.25) is 0 Å². The fourth-order valence-corrected chi connectivity index (χ4v) is 1.29. The number of nitrogen functional groups attached to an aromatic ring is 1. The van der Waals surface area contributed by atoms with Crippen LogP contribution in [0.4, 0.5) is 14.5 Å². The first-order chi connectivity index (χ1) is 5.04. The fourth-order valence-electron chi connectivity index (χ4n) is 0.592. The quantitative estimate of drug-likeness (QED) is 0.576. The lowest BCUT2D eigenvalue weighted by Gasteiger charge is -2.02. The third-order valence-corrected chi connectivity index (χ3v) is 2.53. The molecule has 0 amide bonds. The summed E-state index contributed by atoms with van der Waals surface area (Å²) in [5.41, 5.74) is 4.97. The van der Waals surface area contributed by atoms with E-state index in [1.54, 1.807) is 0 Å². The van der Waals surface area contributed by atoms with Crippen molar-refractivity contribution < 1.29 is 8.78 Å². The highest BCUT2D eigenvalue weighted by molar-refractivity contribution is 9.11. The summed E-state index contributed by atoms with van der Waals surface area (Å²) in [6, 6.07) is 1.01. The highest BCUT2D eigenvalue weighted by Gasteiger charge is 2.11. The van der Waals surface area contributed by atoms with Crippen LogP contribution in [0.1, 0.15) is 0 Å². The van der Waals surface area contributed by atoms with Crippen molar-refractivity contribution in [3.8, 4) is 0 Å². The van der Waals surface area contributed by atoms with Gasteiger partial charge in [0.25, 0.3) is 0 Å². The SMILES string of the molecule is Nc1c(F)c(Br)cc(F)c1Br. The molecular weight excluding hydrogens is 284 g/mol. The van der Waals surface area contributed by atoms with E-state index in [1.807, 2.05) is 0 Å². The number of rotatable bonds is 0. The summed E-state index contributed by atoms with van der Waals surface area (Å²) in [7, 11) is 0. The first-order valence-corrected chi connectivity index (χ1v) is 4.21. The largest absolute Gasteiger partial charge is 0.395 e. The normalized spacial score (nSPS) is 10.2. The van der Waals surface area contributed by atoms with Gasteiger partial charge in [-0.25, -0.2) is 8.78 Å². The summed E-state index contributed by atoms with van der Waals surface area (Å²) in [5, 5.41) is 0. The summed E-state index contributed by atoms with van der Waals surface area (Å²) in [6.07, 6.45) is 0.